The van der Waals surface area contributed by atoms with E-state index in [9.17, 15) is 5.26 Å². The van der Waals surface area contributed by atoms with Gasteiger partial charge in [0.05, 0.1) is 12.0 Å². The van der Waals surface area contributed by atoms with Gasteiger partial charge in [0.15, 0.2) is 0 Å². The Hall–Kier alpha value is -3.59. The molecule has 126 valence electrons. The molecule has 26 heavy (non-hydrogen) atoms. The fourth-order valence-corrected chi connectivity index (χ4v) is 2.95. The fourth-order valence-electron chi connectivity index (χ4n) is 2.95. The molecule has 3 heterocycles. The summed E-state index contributed by atoms with van der Waals surface area (Å²) in [5.74, 6) is 0.520. The highest BCUT2D eigenvalue weighted by atomic mass is 16.5. The van der Waals surface area contributed by atoms with Gasteiger partial charge in [-0.15, -0.1) is 0 Å². The van der Waals surface area contributed by atoms with Crippen molar-refractivity contribution in [3.8, 4) is 17.6 Å². The van der Waals surface area contributed by atoms with E-state index in [-0.39, 0.29) is 11.8 Å². The van der Waals surface area contributed by atoms with E-state index in [1.54, 1.807) is 18.6 Å². The molecule has 4 rings (SSSR count). The van der Waals surface area contributed by atoms with Gasteiger partial charge in [-0.2, -0.15) is 10.2 Å². The highest BCUT2D eigenvalue weighted by molar-refractivity contribution is 5.85. The molecule has 1 aliphatic carbocycles. The molecular formula is C20H15N5O. The number of hydrogen-bond acceptors (Lipinski definition) is 6. The van der Waals surface area contributed by atoms with Crippen LogP contribution in [0.3, 0.4) is 0 Å². The smallest absolute Gasteiger partial charge is 0.254 e. The predicted octanol–water partition coefficient (Wildman–Crippen LogP) is 3.78. The molecule has 1 aliphatic rings. The van der Waals surface area contributed by atoms with Crippen molar-refractivity contribution in [2.45, 2.75) is 6.92 Å². The molecule has 0 amide bonds. The van der Waals surface area contributed by atoms with Crippen LogP contribution in [-0.4, -0.2) is 20.1 Å². The average molecular weight is 341 g/mol. The van der Waals surface area contributed by atoms with Crippen LogP contribution in [0.1, 0.15) is 18.4 Å². The Balaban J connectivity index is 1.75. The Kier molecular flexibility index (Phi) is 4.12. The summed E-state index contributed by atoms with van der Waals surface area (Å²) in [5, 5.41) is 13.6. The minimum atomic E-state index is -0.275. The number of nitrogens with zero attached hydrogens (tertiary/aromatic N) is 5. The molecule has 0 radical (unpaired) electrons. The van der Waals surface area contributed by atoms with E-state index in [0.29, 0.717) is 17.4 Å². The number of hydrogen-bond donors (Lipinski definition) is 0. The van der Waals surface area contributed by atoms with Crippen molar-refractivity contribution in [3.05, 3.63) is 72.5 Å². The van der Waals surface area contributed by atoms with Gasteiger partial charge in [0.25, 0.3) is 5.89 Å². The SMILES string of the molecule is CC1C(c2nc(-c3ccccn3)no2)=CC(c2ccncc2)=CC1C#N. The molecule has 0 aliphatic heterocycles. The largest absolute Gasteiger partial charge is 0.334 e. The molecule has 6 nitrogen and oxygen atoms in total. The highest BCUT2D eigenvalue weighted by Crippen LogP contribution is 2.38. The van der Waals surface area contributed by atoms with Crippen molar-refractivity contribution in [1.29, 1.82) is 5.26 Å². The quantitative estimate of drug-likeness (QED) is 0.720. The molecule has 2 unspecified atom stereocenters. The number of allylic oxidation sites excluding steroid dienone is 4. The van der Waals surface area contributed by atoms with Gasteiger partial charge in [0.2, 0.25) is 5.82 Å². The van der Waals surface area contributed by atoms with Gasteiger partial charge >= 0.3 is 0 Å². The van der Waals surface area contributed by atoms with Gasteiger partial charge in [-0.05, 0) is 41.5 Å². The lowest BCUT2D eigenvalue weighted by atomic mass is 9.80. The second-order valence-corrected chi connectivity index (χ2v) is 6.04. The number of aromatic nitrogens is 4. The molecule has 0 bridgehead atoms. The second-order valence-electron chi connectivity index (χ2n) is 6.04. The van der Waals surface area contributed by atoms with Crippen LogP contribution in [0, 0.1) is 23.2 Å². The van der Waals surface area contributed by atoms with Crippen LogP contribution >= 0.6 is 0 Å². The van der Waals surface area contributed by atoms with Crippen LogP contribution < -0.4 is 0 Å². The van der Waals surface area contributed by atoms with Crippen molar-refractivity contribution >= 4 is 11.1 Å². The zero-order valence-electron chi connectivity index (χ0n) is 14.1. The second kappa shape index (κ2) is 6.73. The molecule has 0 fully saturated rings. The third-order valence-corrected chi connectivity index (χ3v) is 4.43. The first-order valence-electron chi connectivity index (χ1n) is 8.25. The molecule has 2 atom stereocenters. The first-order chi connectivity index (χ1) is 12.8. The summed E-state index contributed by atoms with van der Waals surface area (Å²) in [5.41, 5.74) is 3.44. The normalized spacial score (nSPS) is 19.4. The van der Waals surface area contributed by atoms with E-state index in [4.69, 9.17) is 4.52 Å². The molecule has 0 saturated carbocycles. The van der Waals surface area contributed by atoms with E-state index in [1.807, 2.05) is 49.4 Å². The molecule has 3 aromatic heterocycles. The van der Waals surface area contributed by atoms with Crippen LogP contribution in [0.5, 0.6) is 0 Å². The average Bonchev–Trinajstić information content (AvgIpc) is 3.19. The summed E-state index contributed by atoms with van der Waals surface area (Å²) < 4.78 is 5.49. The van der Waals surface area contributed by atoms with Gasteiger partial charge in [-0.3, -0.25) is 9.97 Å². The maximum absolute atomic E-state index is 9.56. The van der Waals surface area contributed by atoms with Crippen molar-refractivity contribution in [2.24, 2.45) is 11.8 Å². The minimum Gasteiger partial charge on any atom is -0.334 e. The Morgan fingerprint density at radius 3 is 2.69 bits per heavy atom. The van der Waals surface area contributed by atoms with Gasteiger partial charge in [0.1, 0.15) is 5.69 Å². The van der Waals surface area contributed by atoms with Gasteiger partial charge in [-0.1, -0.05) is 24.2 Å². The van der Waals surface area contributed by atoms with Gasteiger partial charge in [0, 0.05) is 30.1 Å². The maximum atomic E-state index is 9.56. The highest BCUT2D eigenvalue weighted by Gasteiger charge is 2.28. The first-order valence-corrected chi connectivity index (χ1v) is 8.25. The molecular weight excluding hydrogens is 326 g/mol. The van der Waals surface area contributed by atoms with Crippen molar-refractivity contribution in [1.82, 2.24) is 20.1 Å². The summed E-state index contributed by atoms with van der Waals surface area (Å²) >= 11 is 0. The Bertz CT molecular complexity index is 1020. The maximum Gasteiger partial charge on any atom is 0.254 e. The Morgan fingerprint density at radius 1 is 1.12 bits per heavy atom. The number of pyridine rings is 2. The standard InChI is InChI=1S/C20H15N5O/c1-13-16(12-21)10-15(14-5-8-22-9-6-14)11-17(13)20-24-19(25-26-20)18-4-2-3-7-23-18/h2-11,13,16H,1H3. The van der Waals surface area contributed by atoms with E-state index in [1.165, 1.54) is 0 Å². The van der Waals surface area contributed by atoms with Crippen molar-refractivity contribution < 1.29 is 4.52 Å². The van der Waals surface area contributed by atoms with E-state index in [2.05, 4.69) is 26.2 Å². The summed E-state index contributed by atoms with van der Waals surface area (Å²) in [4.78, 5) is 12.8. The zero-order chi connectivity index (χ0) is 17.9. The molecule has 0 aromatic carbocycles. The number of rotatable bonds is 3. The minimum absolute atomic E-state index is 0.0531. The van der Waals surface area contributed by atoms with Crippen LogP contribution in [0.2, 0.25) is 0 Å². The summed E-state index contributed by atoms with van der Waals surface area (Å²) in [6.45, 7) is 1.99. The van der Waals surface area contributed by atoms with Gasteiger partial charge < -0.3 is 4.52 Å². The van der Waals surface area contributed by atoms with E-state index < -0.39 is 0 Å². The summed E-state index contributed by atoms with van der Waals surface area (Å²) in [6.07, 6.45) is 9.12. The Morgan fingerprint density at radius 2 is 1.96 bits per heavy atom. The van der Waals surface area contributed by atoms with E-state index >= 15 is 0 Å². The van der Waals surface area contributed by atoms with Crippen LogP contribution in [0.4, 0.5) is 0 Å². The predicted molar refractivity (Wildman–Crippen MR) is 96.0 cm³/mol. The molecule has 0 saturated heterocycles. The molecule has 0 N–H and O–H groups in total. The summed E-state index contributed by atoms with van der Waals surface area (Å²) in [6, 6.07) is 11.7. The van der Waals surface area contributed by atoms with Crippen molar-refractivity contribution in [2.75, 3.05) is 0 Å². The van der Waals surface area contributed by atoms with Crippen LogP contribution in [0.25, 0.3) is 22.7 Å². The topological polar surface area (TPSA) is 88.5 Å². The monoisotopic (exact) mass is 341 g/mol. The van der Waals surface area contributed by atoms with E-state index in [0.717, 1.165) is 16.7 Å². The summed E-state index contributed by atoms with van der Waals surface area (Å²) in [7, 11) is 0. The Labute approximate surface area is 150 Å². The third-order valence-electron chi connectivity index (χ3n) is 4.43. The van der Waals surface area contributed by atoms with Crippen LogP contribution in [-0.2, 0) is 0 Å². The lowest BCUT2D eigenvalue weighted by Crippen LogP contribution is -2.14. The fraction of sp³-hybridized carbons (Fsp3) is 0.150. The number of nitriles is 1. The van der Waals surface area contributed by atoms with Crippen LogP contribution in [0.15, 0.2) is 65.6 Å². The van der Waals surface area contributed by atoms with Gasteiger partial charge in [-0.25, -0.2) is 0 Å². The molecule has 3 aromatic rings. The lowest BCUT2D eigenvalue weighted by molar-refractivity contribution is 0.401. The zero-order valence-corrected chi connectivity index (χ0v) is 14.1. The third kappa shape index (κ3) is 2.91. The molecule has 0 spiro atoms. The lowest BCUT2D eigenvalue weighted by Gasteiger charge is -2.22. The molecule has 6 heteroatoms. The first kappa shape index (κ1) is 15.9. The van der Waals surface area contributed by atoms with Crippen molar-refractivity contribution in [3.63, 3.8) is 0 Å².